The average Bonchev–Trinajstić information content (AvgIpc) is 3.19. The lowest BCUT2D eigenvalue weighted by molar-refractivity contribution is -0.138. The van der Waals surface area contributed by atoms with Crippen LogP contribution < -0.4 is 5.56 Å². The van der Waals surface area contributed by atoms with Crippen LogP contribution in [0.1, 0.15) is 31.0 Å². The molecule has 1 fully saturated rings. The number of alkyl halides is 3. The number of hydrogen-bond acceptors (Lipinski definition) is 3. The number of aliphatic carboxylic acids is 1. The van der Waals surface area contributed by atoms with E-state index in [-0.39, 0.29) is 10.8 Å². The zero-order chi connectivity index (χ0) is 17.0. The normalized spacial score (nSPS) is 16.5. The Hall–Kier alpha value is -2.38. The van der Waals surface area contributed by atoms with Gasteiger partial charge in [-0.25, -0.2) is 4.68 Å². The Balaban J connectivity index is 2.32. The molecule has 0 unspecified atom stereocenters. The number of carboxylic acids is 1. The van der Waals surface area contributed by atoms with Crippen molar-refractivity contribution in [3.8, 4) is 0 Å². The van der Waals surface area contributed by atoms with Gasteiger partial charge in [0.1, 0.15) is 6.54 Å². The highest BCUT2D eigenvalue weighted by molar-refractivity contribution is 5.86. The average molecular weight is 326 g/mol. The van der Waals surface area contributed by atoms with Gasteiger partial charge in [-0.1, -0.05) is 6.92 Å². The van der Waals surface area contributed by atoms with Gasteiger partial charge in [-0.3, -0.25) is 9.59 Å². The molecule has 1 saturated carbocycles. The summed E-state index contributed by atoms with van der Waals surface area (Å²) < 4.78 is 39.6. The van der Waals surface area contributed by atoms with Crippen LogP contribution in [0.5, 0.6) is 0 Å². The van der Waals surface area contributed by atoms with E-state index in [1.165, 1.54) is 0 Å². The van der Waals surface area contributed by atoms with Crippen molar-refractivity contribution >= 4 is 16.7 Å². The van der Waals surface area contributed by atoms with E-state index in [1.807, 2.05) is 6.92 Å². The summed E-state index contributed by atoms with van der Waals surface area (Å²) in [5, 5.41) is 13.1. The van der Waals surface area contributed by atoms with Crippen molar-refractivity contribution in [1.82, 2.24) is 9.78 Å². The predicted molar refractivity (Wildman–Crippen MR) is 75.2 cm³/mol. The van der Waals surface area contributed by atoms with Crippen LogP contribution in [0.15, 0.2) is 23.0 Å². The van der Waals surface area contributed by atoms with Crippen LogP contribution in [0.25, 0.3) is 10.8 Å². The first-order valence-corrected chi connectivity index (χ1v) is 6.96. The summed E-state index contributed by atoms with van der Waals surface area (Å²) in [5.41, 5.74) is -1.63. The first kappa shape index (κ1) is 15.5. The summed E-state index contributed by atoms with van der Waals surface area (Å²) in [6.07, 6.45) is -3.06. The smallest absolute Gasteiger partial charge is 0.416 e. The number of carboxylic acid groups (broad SMARTS) is 1. The Bertz CT molecular complexity index is 867. The number of rotatable bonds is 3. The maximum atomic E-state index is 12.9. The Morgan fingerprint density at radius 3 is 2.52 bits per heavy atom. The maximum Gasteiger partial charge on any atom is 0.416 e. The van der Waals surface area contributed by atoms with Crippen LogP contribution >= 0.6 is 0 Å². The molecule has 2 aromatic rings. The van der Waals surface area contributed by atoms with E-state index in [9.17, 15) is 22.8 Å². The quantitative estimate of drug-likeness (QED) is 0.941. The molecule has 3 rings (SSSR count). The highest BCUT2D eigenvalue weighted by Gasteiger charge is 2.43. The molecule has 1 aliphatic carbocycles. The Kier molecular flexibility index (Phi) is 3.24. The summed E-state index contributed by atoms with van der Waals surface area (Å²) in [6.45, 7) is 1.21. The van der Waals surface area contributed by atoms with E-state index in [2.05, 4.69) is 5.10 Å². The van der Waals surface area contributed by atoms with Gasteiger partial charge in [-0.15, -0.1) is 0 Å². The molecule has 1 heterocycles. The lowest BCUT2D eigenvalue weighted by atomic mass is 9.97. The molecule has 1 aliphatic rings. The van der Waals surface area contributed by atoms with Gasteiger partial charge >= 0.3 is 12.1 Å². The molecule has 1 N–H and O–H groups in total. The van der Waals surface area contributed by atoms with Crippen LogP contribution in [0, 0.1) is 0 Å². The molecule has 1 aromatic carbocycles. The van der Waals surface area contributed by atoms with Gasteiger partial charge in [0.15, 0.2) is 0 Å². The van der Waals surface area contributed by atoms with Crippen LogP contribution in [0.4, 0.5) is 13.2 Å². The fourth-order valence-corrected chi connectivity index (χ4v) is 2.57. The van der Waals surface area contributed by atoms with Crippen molar-refractivity contribution in [3.05, 3.63) is 39.8 Å². The Morgan fingerprint density at radius 2 is 2.00 bits per heavy atom. The second kappa shape index (κ2) is 4.81. The van der Waals surface area contributed by atoms with Gasteiger partial charge in [-0.05, 0) is 31.0 Å². The van der Waals surface area contributed by atoms with E-state index < -0.39 is 35.2 Å². The SMILES string of the molecule is CC1(c2nn(CC(=O)O)c(=O)c3ccc(C(F)(F)F)cc23)CC1. The van der Waals surface area contributed by atoms with Crippen LogP contribution in [0.2, 0.25) is 0 Å². The van der Waals surface area contributed by atoms with Gasteiger partial charge in [-0.2, -0.15) is 18.3 Å². The zero-order valence-electron chi connectivity index (χ0n) is 12.1. The molecule has 5 nitrogen and oxygen atoms in total. The summed E-state index contributed by atoms with van der Waals surface area (Å²) in [7, 11) is 0. The molecule has 8 heteroatoms. The topological polar surface area (TPSA) is 72.2 Å². The number of aromatic nitrogens is 2. The molecule has 0 aliphatic heterocycles. The molecule has 0 spiro atoms. The second-order valence-corrected chi connectivity index (χ2v) is 6.02. The van der Waals surface area contributed by atoms with Crippen molar-refractivity contribution in [2.24, 2.45) is 0 Å². The third-order valence-corrected chi connectivity index (χ3v) is 4.14. The first-order valence-electron chi connectivity index (χ1n) is 6.96. The maximum absolute atomic E-state index is 12.9. The summed E-state index contributed by atoms with van der Waals surface area (Å²) in [6, 6.07) is 2.84. The molecular weight excluding hydrogens is 313 g/mol. The van der Waals surface area contributed by atoms with Gasteiger partial charge in [0.2, 0.25) is 0 Å². The predicted octanol–water partition coefficient (Wildman–Crippen LogP) is 2.55. The fourth-order valence-electron chi connectivity index (χ4n) is 2.57. The summed E-state index contributed by atoms with van der Waals surface area (Å²) >= 11 is 0. The minimum absolute atomic E-state index is 0.0531. The number of nitrogens with zero attached hydrogens (tertiary/aromatic N) is 2. The number of hydrogen-bond donors (Lipinski definition) is 1. The Labute approximate surface area is 128 Å². The summed E-state index contributed by atoms with van der Waals surface area (Å²) in [4.78, 5) is 23.2. The molecular formula is C15H13F3N2O3. The van der Waals surface area contributed by atoms with E-state index in [0.29, 0.717) is 5.69 Å². The van der Waals surface area contributed by atoms with Gasteiger partial charge < -0.3 is 5.11 Å². The zero-order valence-corrected chi connectivity index (χ0v) is 12.1. The van der Waals surface area contributed by atoms with Crippen LogP contribution in [-0.2, 0) is 22.9 Å². The van der Waals surface area contributed by atoms with Crippen molar-refractivity contribution in [2.45, 2.75) is 37.9 Å². The highest BCUT2D eigenvalue weighted by atomic mass is 19.4. The molecule has 0 amide bonds. The minimum atomic E-state index is -4.52. The molecule has 0 radical (unpaired) electrons. The highest BCUT2D eigenvalue weighted by Crippen LogP contribution is 2.48. The molecule has 23 heavy (non-hydrogen) atoms. The number of halogens is 3. The fraction of sp³-hybridized carbons (Fsp3) is 0.400. The summed E-state index contributed by atoms with van der Waals surface area (Å²) in [5.74, 6) is -1.24. The molecule has 122 valence electrons. The van der Waals surface area contributed by atoms with E-state index in [4.69, 9.17) is 5.11 Å². The van der Waals surface area contributed by atoms with Crippen molar-refractivity contribution in [1.29, 1.82) is 0 Å². The minimum Gasteiger partial charge on any atom is -0.480 e. The standard InChI is InChI=1S/C15H13F3N2O3/c1-14(4-5-14)12-10-6-8(15(16,17)18)2-3-9(10)13(23)20(19-12)7-11(21)22/h2-3,6H,4-5,7H2,1H3,(H,21,22). The van der Waals surface area contributed by atoms with Gasteiger partial charge in [0.05, 0.1) is 16.6 Å². The number of carbonyl (C=O) groups is 1. The van der Waals surface area contributed by atoms with E-state index >= 15 is 0 Å². The van der Waals surface area contributed by atoms with Crippen molar-refractivity contribution < 1.29 is 23.1 Å². The number of benzene rings is 1. The van der Waals surface area contributed by atoms with Crippen molar-refractivity contribution in [3.63, 3.8) is 0 Å². The number of fused-ring (bicyclic) bond motifs is 1. The van der Waals surface area contributed by atoms with Crippen LogP contribution in [0.3, 0.4) is 0 Å². The monoisotopic (exact) mass is 326 g/mol. The van der Waals surface area contributed by atoms with Crippen molar-refractivity contribution in [2.75, 3.05) is 0 Å². The molecule has 0 saturated heterocycles. The third-order valence-electron chi connectivity index (χ3n) is 4.14. The Morgan fingerprint density at radius 1 is 1.35 bits per heavy atom. The molecule has 1 aromatic heterocycles. The first-order chi connectivity index (χ1) is 10.6. The van der Waals surface area contributed by atoms with Gasteiger partial charge in [0, 0.05) is 10.8 Å². The third kappa shape index (κ3) is 2.69. The lowest BCUT2D eigenvalue weighted by Gasteiger charge is -2.15. The van der Waals surface area contributed by atoms with Crippen LogP contribution in [-0.4, -0.2) is 20.9 Å². The largest absolute Gasteiger partial charge is 0.480 e. The lowest BCUT2D eigenvalue weighted by Crippen LogP contribution is -2.29. The van der Waals surface area contributed by atoms with E-state index in [0.717, 1.165) is 35.7 Å². The second-order valence-electron chi connectivity index (χ2n) is 6.02. The molecule has 0 atom stereocenters. The van der Waals surface area contributed by atoms with Gasteiger partial charge in [0.25, 0.3) is 5.56 Å². The molecule has 0 bridgehead atoms. The van der Waals surface area contributed by atoms with E-state index in [1.54, 1.807) is 0 Å².